The summed E-state index contributed by atoms with van der Waals surface area (Å²) in [6.45, 7) is 5.18. The smallest absolute Gasteiger partial charge is 0.323 e. The first-order valence-electron chi connectivity index (χ1n) is 6.00. The van der Waals surface area contributed by atoms with Crippen molar-refractivity contribution < 1.29 is 14.7 Å². The number of carboxylic acid groups (broad SMARTS) is 1. The Bertz CT molecular complexity index is 414. The Kier molecular flexibility index (Phi) is 4.89. The molecule has 0 spiro atoms. The van der Waals surface area contributed by atoms with Crippen molar-refractivity contribution in [1.29, 1.82) is 0 Å². The van der Waals surface area contributed by atoms with E-state index >= 15 is 0 Å². The van der Waals surface area contributed by atoms with Crippen LogP contribution in [0.5, 0.6) is 0 Å². The number of amides is 1. The quantitative estimate of drug-likeness (QED) is 0.869. The number of hydrogen-bond acceptors (Lipinski definition) is 2. The van der Waals surface area contributed by atoms with Gasteiger partial charge in [0.05, 0.1) is 5.92 Å². The summed E-state index contributed by atoms with van der Waals surface area (Å²) in [5.41, 5.74) is 0.901. The summed E-state index contributed by atoms with van der Waals surface area (Å²) in [5, 5.41) is 8.84. The van der Waals surface area contributed by atoms with Crippen LogP contribution in [0.2, 0.25) is 0 Å². The largest absolute Gasteiger partial charge is 0.480 e. The molecule has 1 aromatic rings. The van der Waals surface area contributed by atoms with Crippen molar-refractivity contribution in [2.75, 3.05) is 6.54 Å². The monoisotopic (exact) mass is 249 g/mol. The number of rotatable bonds is 5. The maximum absolute atomic E-state index is 12.3. The predicted molar refractivity (Wildman–Crippen MR) is 69.3 cm³/mol. The van der Waals surface area contributed by atoms with Crippen LogP contribution in [-0.4, -0.2) is 34.5 Å². The lowest BCUT2D eigenvalue weighted by Gasteiger charge is -2.28. The molecule has 0 saturated carbocycles. The van der Waals surface area contributed by atoms with Crippen LogP contribution < -0.4 is 0 Å². The molecule has 0 aliphatic rings. The molecule has 1 aromatic carbocycles. The van der Waals surface area contributed by atoms with Crippen LogP contribution in [0.1, 0.15) is 32.3 Å². The first-order valence-corrected chi connectivity index (χ1v) is 6.00. The second kappa shape index (κ2) is 6.19. The molecule has 0 saturated heterocycles. The summed E-state index contributed by atoms with van der Waals surface area (Å²) in [7, 11) is 0. The number of nitrogens with zero attached hydrogens (tertiary/aromatic N) is 1. The maximum Gasteiger partial charge on any atom is 0.323 e. The zero-order valence-electron chi connectivity index (χ0n) is 11.0. The van der Waals surface area contributed by atoms with E-state index in [9.17, 15) is 9.59 Å². The van der Waals surface area contributed by atoms with Crippen molar-refractivity contribution in [3.05, 3.63) is 35.9 Å². The van der Waals surface area contributed by atoms with Crippen LogP contribution in [0.4, 0.5) is 0 Å². The van der Waals surface area contributed by atoms with Gasteiger partial charge in [-0.1, -0.05) is 30.3 Å². The van der Waals surface area contributed by atoms with Gasteiger partial charge in [-0.15, -0.1) is 0 Å². The standard InChI is InChI=1S/C14H19NO3/c1-10(2)15(9-13(16)17)14(18)11(3)12-7-5-4-6-8-12/h4-8,10-11H,9H2,1-3H3,(H,16,17). The van der Waals surface area contributed by atoms with Crippen molar-refractivity contribution >= 4 is 11.9 Å². The van der Waals surface area contributed by atoms with Crippen LogP contribution in [-0.2, 0) is 9.59 Å². The molecular weight excluding hydrogens is 230 g/mol. The van der Waals surface area contributed by atoms with Gasteiger partial charge in [0.2, 0.25) is 5.91 Å². The summed E-state index contributed by atoms with van der Waals surface area (Å²) in [6, 6.07) is 9.26. The fraction of sp³-hybridized carbons (Fsp3) is 0.429. The third kappa shape index (κ3) is 3.58. The Balaban J connectivity index is 2.86. The zero-order valence-corrected chi connectivity index (χ0v) is 11.0. The van der Waals surface area contributed by atoms with E-state index in [1.165, 1.54) is 4.90 Å². The van der Waals surface area contributed by atoms with Crippen LogP contribution in [0.3, 0.4) is 0 Å². The van der Waals surface area contributed by atoms with E-state index < -0.39 is 5.97 Å². The SMILES string of the molecule is CC(C(=O)N(CC(=O)O)C(C)C)c1ccccc1. The number of hydrogen-bond donors (Lipinski definition) is 1. The van der Waals surface area contributed by atoms with Gasteiger partial charge in [-0.2, -0.15) is 0 Å². The minimum atomic E-state index is -0.989. The molecule has 0 radical (unpaired) electrons. The molecule has 98 valence electrons. The van der Waals surface area contributed by atoms with E-state index in [0.717, 1.165) is 5.56 Å². The van der Waals surface area contributed by atoms with Gasteiger partial charge in [-0.3, -0.25) is 9.59 Å². The minimum absolute atomic E-state index is 0.125. The summed E-state index contributed by atoms with van der Waals surface area (Å²) in [6.07, 6.45) is 0. The van der Waals surface area contributed by atoms with E-state index in [1.54, 1.807) is 6.92 Å². The lowest BCUT2D eigenvalue weighted by molar-refractivity contribution is -0.146. The molecule has 18 heavy (non-hydrogen) atoms. The highest BCUT2D eigenvalue weighted by molar-refractivity contribution is 5.86. The average molecular weight is 249 g/mol. The number of aliphatic carboxylic acids is 1. The molecule has 1 unspecified atom stereocenters. The molecular formula is C14H19NO3. The highest BCUT2D eigenvalue weighted by Gasteiger charge is 2.25. The Morgan fingerprint density at radius 2 is 1.72 bits per heavy atom. The average Bonchev–Trinajstić information content (AvgIpc) is 2.34. The second-order valence-electron chi connectivity index (χ2n) is 4.59. The molecule has 0 heterocycles. The molecule has 1 N–H and O–H groups in total. The lowest BCUT2D eigenvalue weighted by Crippen LogP contribution is -2.42. The third-order valence-electron chi connectivity index (χ3n) is 2.88. The van der Waals surface area contributed by atoms with E-state index in [-0.39, 0.29) is 24.4 Å². The van der Waals surface area contributed by atoms with E-state index in [1.807, 2.05) is 44.2 Å². The Labute approximate surface area is 107 Å². The molecule has 1 amide bonds. The van der Waals surface area contributed by atoms with Gasteiger partial charge in [-0.25, -0.2) is 0 Å². The first kappa shape index (κ1) is 14.2. The molecule has 0 aliphatic carbocycles. The van der Waals surface area contributed by atoms with Crippen LogP contribution in [0, 0.1) is 0 Å². The fourth-order valence-electron chi connectivity index (χ4n) is 1.79. The van der Waals surface area contributed by atoms with Crippen molar-refractivity contribution in [2.24, 2.45) is 0 Å². The third-order valence-corrected chi connectivity index (χ3v) is 2.88. The normalized spacial score (nSPS) is 12.2. The van der Waals surface area contributed by atoms with Gasteiger partial charge < -0.3 is 10.0 Å². The zero-order chi connectivity index (χ0) is 13.7. The van der Waals surface area contributed by atoms with Gasteiger partial charge >= 0.3 is 5.97 Å². The molecule has 4 nitrogen and oxygen atoms in total. The van der Waals surface area contributed by atoms with Gasteiger partial charge in [0.1, 0.15) is 6.54 Å². The number of carbonyl (C=O) groups excluding carboxylic acids is 1. The summed E-state index contributed by atoms with van der Waals surface area (Å²) < 4.78 is 0. The molecule has 0 bridgehead atoms. The molecule has 0 aromatic heterocycles. The van der Waals surface area contributed by atoms with Gasteiger partial charge in [0.15, 0.2) is 0 Å². The topological polar surface area (TPSA) is 57.6 Å². The Morgan fingerprint density at radius 3 is 2.17 bits per heavy atom. The van der Waals surface area contributed by atoms with E-state index in [0.29, 0.717) is 0 Å². The highest BCUT2D eigenvalue weighted by atomic mass is 16.4. The first-order chi connectivity index (χ1) is 8.43. The van der Waals surface area contributed by atoms with Crippen molar-refractivity contribution in [2.45, 2.75) is 32.7 Å². The van der Waals surface area contributed by atoms with Crippen molar-refractivity contribution in [1.82, 2.24) is 4.90 Å². The molecule has 1 atom stereocenters. The number of carboxylic acids is 1. The lowest BCUT2D eigenvalue weighted by atomic mass is 9.99. The molecule has 0 fully saturated rings. The molecule has 0 aliphatic heterocycles. The Hall–Kier alpha value is -1.84. The summed E-state index contributed by atoms with van der Waals surface area (Å²) in [5.74, 6) is -1.47. The highest BCUT2D eigenvalue weighted by Crippen LogP contribution is 2.18. The Morgan fingerprint density at radius 1 is 1.17 bits per heavy atom. The van der Waals surface area contributed by atoms with Crippen LogP contribution >= 0.6 is 0 Å². The molecule has 1 rings (SSSR count). The summed E-state index contributed by atoms with van der Waals surface area (Å²) in [4.78, 5) is 24.5. The number of carbonyl (C=O) groups is 2. The van der Waals surface area contributed by atoms with Crippen molar-refractivity contribution in [3.63, 3.8) is 0 Å². The minimum Gasteiger partial charge on any atom is -0.480 e. The summed E-state index contributed by atoms with van der Waals surface area (Å²) >= 11 is 0. The van der Waals surface area contributed by atoms with Gasteiger partial charge in [0.25, 0.3) is 0 Å². The van der Waals surface area contributed by atoms with Crippen molar-refractivity contribution in [3.8, 4) is 0 Å². The van der Waals surface area contributed by atoms with E-state index in [4.69, 9.17) is 5.11 Å². The predicted octanol–water partition coefficient (Wildman–Crippen LogP) is 2.11. The molecule has 4 heteroatoms. The van der Waals surface area contributed by atoms with E-state index in [2.05, 4.69) is 0 Å². The van der Waals surface area contributed by atoms with Crippen LogP contribution in [0.25, 0.3) is 0 Å². The van der Waals surface area contributed by atoms with Crippen LogP contribution in [0.15, 0.2) is 30.3 Å². The maximum atomic E-state index is 12.3. The van der Waals surface area contributed by atoms with Gasteiger partial charge in [0, 0.05) is 6.04 Å². The number of benzene rings is 1. The van der Waals surface area contributed by atoms with Gasteiger partial charge in [-0.05, 0) is 26.3 Å². The fourth-order valence-corrected chi connectivity index (χ4v) is 1.79. The second-order valence-corrected chi connectivity index (χ2v) is 4.59.